The first-order valence-corrected chi connectivity index (χ1v) is 10.7. The summed E-state index contributed by atoms with van der Waals surface area (Å²) >= 11 is 0. The van der Waals surface area contributed by atoms with Gasteiger partial charge in [0.25, 0.3) is 0 Å². The molecule has 0 bridgehead atoms. The smallest absolute Gasteiger partial charge is 0.356 e. The first-order valence-electron chi connectivity index (χ1n) is 10.7. The number of benzene rings is 1. The second kappa shape index (κ2) is 8.24. The van der Waals surface area contributed by atoms with Crippen LogP contribution < -0.4 is 0 Å². The third kappa shape index (κ3) is 3.86. The molecule has 31 heavy (non-hydrogen) atoms. The Kier molecular flexibility index (Phi) is 5.29. The molecule has 160 valence electrons. The summed E-state index contributed by atoms with van der Waals surface area (Å²) < 4.78 is 13.1. The van der Waals surface area contributed by atoms with Gasteiger partial charge < -0.3 is 9.47 Å². The maximum atomic E-state index is 11.6. The van der Waals surface area contributed by atoms with Crippen molar-refractivity contribution in [1.29, 1.82) is 0 Å². The number of carbonyl (C=O) groups excluding carboxylic acids is 1. The van der Waals surface area contributed by atoms with E-state index in [0.29, 0.717) is 5.69 Å². The number of methoxy groups -OCH3 is 1. The fourth-order valence-electron chi connectivity index (χ4n) is 4.57. The quantitative estimate of drug-likeness (QED) is 0.607. The number of pyridine rings is 1. The Morgan fingerprint density at radius 1 is 1.16 bits per heavy atom. The van der Waals surface area contributed by atoms with Crippen molar-refractivity contribution < 1.29 is 14.3 Å². The van der Waals surface area contributed by atoms with E-state index in [-0.39, 0.29) is 5.60 Å². The molecule has 0 atom stereocenters. The standard InChI is InChI=1S/C24H26N4O3/c1-30-23(29)21-8-7-18(15-25-21)16-27-12-10-24(11-13-27)22-19(9-14-31-24)17-28(26-22)20-5-3-2-4-6-20/h2-8,15,17H,9-14,16H2,1H3. The van der Waals surface area contributed by atoms with Crippen LogP contribution in [0.5, 0.6) is 0 Å². The van der Waals surface area contributed by atoms with E-state index in [4.69, 9.17) is 14.6 Å². The molecule has 3 aromatic rings. The largest absolute Gasteiger partial charge is 0.464 e. The van der Waals surface area contributed by atoms with E-state index >= 15 is 0 Å². The Bertz CT molecular complexity index is 1050. The highest BCUT2D eigenvalue weighted by molar-refractivity contribution is 5.86. The fraction of sp³-hybridized carbons (Fsp3) is 0.375. The van der Waals surface area contributed by atoms with Crippen molar-refractivity contribution in [2.24, 2.45) is 0 Å². The minimum atomic E-state index is -0.411. The molecule has 1 spiro atoms. The van der Waals surface area contributed by atoms with Gasteiger partial charge in [-0.05, 0) is 48.6 Å². The number of likely N-dealkylation sites (tertiary alicyclic amines) is 1. The third-order valence-corrected chi connectivity index (χ3v) is 6.28. The number of para-hydroxylation sites is 1. The fourth-order valence-corrected chi connectivity index (χ4v) is 4.57. The van der Waals surface area contributed by atoms with Crippen molar-refractivity contribution in [2.75, 3.05) is 26.8 Å². The third-order valence-electron chi connectivity index (χ3n) is 6.28. The minimum Gasteiger partial charge on any atom is -0.464 e. The molecule has 0 saturated carbocycles. The molecule has 2 aliphatic rings. The lowest BCUT2D eigenvalue weighted by Gasteiger charge is -2.43. The van der Waals surface area contributed by atoms with E-state index in [1.54, 1.807) is 12.3 Å². The average molecular weight is 418 g/mol. The molecule has 0 radical (unpaired) electrons. The molecule has 4 heterocycles. The van der Waals surface area contributed by atoms with Gasteiger partial charge in [-0.3, -0.25) is 4.90 Å². The molecular weight excluding hydrogens is 392 g/mol. The van der Waals surface area contributed by atoms with Gasteiger partial charge in [-0.25, -0.2) is 14.5 Å². The molecule has 0 aliphatic carbocycles. The number of esters is 1. The molecule has 0 unspecified atom stereocenters. The number of piperidine rings is 1. The van der Waals surface area contributed by atoms with Crippen LogP contribution in [0.4, 0.5) is 0 Å². The van der Waals surface area contributed by atoms with Gasteiger partial charge in [0.15, 0.2) is 0 Å². The Morgan fingerprint density at radius 2 is 1.97 bits per heavy atom. The average Bonchev–Trinajstić information content (AvgIpc) is 3.27. The first kappa shape index (κ1) is 19.9. The predicted octanol–water partition coefficient (Wildman–Crippen LogP) is 3.12. The summed E-state index contributed by atoms with van der Waals surface area (Å²) in [7, 11) is 1.36. The van der Waals surface area contributed by atoms with Crippen molar-refractivity contribution in [3.63, 3.8) is 0 Å². The lowest BCUT2D eigenvalue weighted by atomic mass is 9.83. The predicted molar refractivity (Wildman–Crippen MR) is 115 cm³/mol. The van der Waals surface area contributed by atoms with Gasteiger partial charge in [0.2, 0.25) is 0 Å². The van der Waals surface area contributed by atoms with E-state index in [9.17, 15) is 4.79 Å². The number of hydrogen-bond acceptors (Lipinski definition) is 6. The van der Waals surface area contributed by atoms with E-state index in [1.165, 1.54) is 12.7 Å². The zero-order valence-electron chi connectivity index (χ0n) is 17.7. The van der Waals surface area contributed by atoms with Crippen LogP contribution in [0.2, 0.25) is 0 Å². The maximum absolute atomic E-state index is 11.6. The lowest BCUT2D eigenvalue weighted by molar-refractivity contribution is -0.102. The Morgan fingerprint density at radius 3 is 2.68 bits per heavy atom. The highest BCUT2D eigenvalue weighted by Gasteiger charge is 2.43. The summed E-state index contributed by atoms with van der Waals surface area (Å²) in [5.74, 6) is -0.411. The lowest BCUT2D eigenvalue weighted by Crippen LogP contribution is -2.46. The molecule has 5 rings (SSSR count). The van der Waals surface area contributed by atoms with Crippen LogP contribution in [0.25, 0.3) is 5.69 Å². The van der Waals surface area contributed by atoms with Crippen molar-refractivity contribution in [1.82, 2.24) is 19.7 Å². The van der Waals surface area contributed by atoms with Crippen molar-refractivity contribution in [3.8, 4) is 5.69 Å². The van der Waals surface area contributed by atoms with Gasteiger partial charge in [0.1, 0.15) is 11.3 Å². The van der Waals surface area contributed by atoms with Crippen molar-refractivity contribution in [2.45, 2.75) is 31.4 Å². The summed E-state index contributed by atoms with van der Waals surface area (Å²) in [5.41, 5.74) is 4.60. The normalized spacial score (nSPS) is 18.0. The van der Waals surface area contributed by atoms with Gasteiger partial charge >= 0.3 is 5.97 Å². The number of ether oxygens (including phenoxy) is 2. The number of aromatic nitrogens is 3. The summed E-state index contributed by atoms with van der Waals surface area (Å²) in [6.45, 7) is 3.40. The Labute approximate surface area is 181 Å². The van der Waals surface area contributed by atoms with E-state index in [1.807, 2.05) is 28.9 Å². The minimum absolute atomic E-state index is 0.295. The molecular formula is C24H26N4O3. The molecule has 0 N–H and O–H groups in total. The molecule has 1 aromatic carbocycles. The van der Waals surface area contributed by atoms with Gasteiger partial charge in [0, 0.05) is 32.0 Å². The van der Waals surface area contributed by atoms with Crippen LogP contribution in [0.1, 0.15) is 40.2 Å². The summed E-state index contributed by atoms with van der Waals surface area (Å²) in [6.07, 6.45) is 6.66. The van der Waals surface area contributed by atoms with Gasteiger partial charge in [-0.2, -0.15) is 5.10 Å². The first-order chi connectivity index (χ1) is 15.2. The summed E-state index contributed by atoms with van der Waals surface area (Å²) in [4.78, 5) is 18.2. The zero-order valence-corrected chi connectivity index (χ0v) is 17.7. The van der Waals surface area contributed by atoms with E-state index < -0.39 is 5.97 Å². The number of nitrogens with zero attached hydrogens (tertiary/aromatic N) is 4. The van der Waals surface area contributed by atoms with E-state index in [2.05, 4.69) is 28.2 Å². The Balaban J connectivity index is 1.28. The number of carbonyl (C=O) groups is 1. The number of rotatable bonds is 4. The highest BCUT2D eigenvalue weighted by atomic mass is 16.5. The SMILES string of the molecule is COC(=O)c1ccc(CN2CCC3(CC2)OCCc2cn(-c4ccccc4)nc23)cn1. The highest BCUT2D eigenvalue weighted by Crippen LogP contribution is 2.41. The van der Waals surface area contributed by atoms with Crippen LogP contribution >= 0.6 is 0 Å². The van der Waals surface area contributed by atoms with Gasteiger partial charge in [-0.15, -0.1) is 0 Å². The number of hydrogen-bond donors (Lipinski definition) is 0. The van der Waals surface area contributed by atoms with Crippen molar-refractivity contribution >= 4 is 5.97 Å². The van der Waals surface area contributed by atoms with E-state index in [0.717, 1.165) is 62.4 Å². The monoisotopic (exact) mass is 418 g/mol. The van der Waals surface area contributed by atoms with Crippen LogP contribution in [-0.4, -0.2) is 52.4 Å². The molecule has 1 fully saturated rings. The van der Waals surface area contributed by atoms with Crippen LogP contribution in [-0.2, 0) is 28.0 Å². The van der Waals surface area contributed by atoms with Crippen LogP contribution in [0.15, 0.2) is 54.9 Å². The van der Waals surface area contributed by atoms with Gasteiger partial charge in [0.05, 0.1) is 25.1 Å². The van der Waals surface area contributed by atoms with Crippen molar-refractivity contribution in [3.05, 3.63) is 77.4 Å². The molecule has 7 nitrogen and oxygen atoms in total. The second-order valence-electron chi connectivity index (χ2n) is 8.20. The zero-order chi connectivity index (χ0) is 21.3. The topological polar surface area (TPSA) is 69.5 Å². The molecule has 7 heteroatoms. The summed E-state index contributed by atoms with van der Waals surface area (Å²) in [5, 5.41) is 4.96. The molecule has 2 aromatic heterocycles. The maximum Gasteiger partial charge on any atom is 0.356 e. The Hall–Kier alpha value is -3.03. The molecule has 1 saturated heterocycles. The van der Waals surface area contributed by atoms with Gasteiger partial charge in [-0.1, -0.05) is 24.3 Å². The molecule has 2 aliphatic heterocycles. The van der Waals surface area contributed by atoms with Crippen LogP contribution in [0.3, 0.4) is 0 Å². The van der Waals surface area contributed by atoms with Crippen LogP contribution in [0, 0.1) is 0 Å². The second-order valence-corrected chi connectivity index (χ2v) is 8.20. The molecule has 0 amide bonds. The summed E-state index contributed by atoms with van der Waals surface area (Å²) in [6, 6.07) is 13.9. The number of fused-ring (bicyclic) bond motifs is 2.